The topological polar surface area (TPSA) is 46.5 Å². The average molecular weight is 270 g/mol. The maximum Gasteiger partial charge on any atom is 0.340 e. The standard InChI is InChI=1S/C17H18O3/c18-17(19)16-14-9-5-4-6-12(14)10-11-15(16)20-13-7-2-1-3-8-13/h4-6,9-11,13H,1-3,7-8H2,(H,18,19). The summed E-state index contributed by atoms with van der Waals surface area (Å²) in [6.45, 7) is 0. The van der Waals surface area contributed by atoms with Gasteiger partial charge in [0.05, 0.1) is 6.10 Å². The third-order valence-electron chi connectivity index (χ3n) is 3.95. The first-order valence-electron chi connectivity index (χ1n) is 7.17. The zero-order chi connectivity index (χ0) is 13.9. The highest BCUT2D eigenvalue weighted by Crippen LogP contribution is 2.31. The van der Waals surface area contributed by atoms with Crippen LogP contribution in [0.2, 0.25) is 0 Å². The van der Waals surface area contributed by atoms with Crippen molar-refractivity contribution in [3.05, 3.63) is 42.0 Å². The Morgan fingerprint density at radius 3 is 2.55 bits per heavy atom. The molecule has 1 aliphatic carbocycles. The third-order valence-corrected chi connectivity index (χ3v) is 3.95. The molecule has 2 aromatic rings. The number of fused-ring (bicyclic) bond motifs is 1. The lowest BCUT2D eigenvalue weighted by Gasteiger charge is -2.24. The zero-order valence-corrected chi connectivity index (χ0v) is 11.3. The lowest BCUT2D eigenvalue weighted by Crippen LogP contribution is -2.20. The molecular weight excluding hydrogens is 252 g/mol. The minimum Gasteiger partial charge on any atom is -0.490 e. The van der Waals surface area contributed by atoms with E-state index in [1.165, 1.54) is 19.3 Å². The van der Waals surface area contributed by atoms with Gasteiger partial charge in [0, 0.05) is 0 Å². The summed E-state index contributed by atoms with van der Waals surface area (Å²) in [7, 11) is 0. The number of aromatic carboxylic acids is 1. The normalized spacial score (nSPS) is 16.2. The van der Waals surface area contributed by atoms with E-state index >= 15 is 0 Å². The highest BCUT2D eigenvalue weighted by Gasteiger charge is 2.20. The highest BCUT2D eigenvalue weighted by atomic mass is 16.5. The van der Waals surface area contributed by atoms with Crippen LogP contribution in [0, 0.1) is 0 Å². The van der Waals surface area contributed by atoms with Crippen LogP contribution >= 0.6 is 0 Å². The largest absolute Gasteiger partial charge is 0.490 e. The lowest BCUT2D eigenvalue weighted by atomic mass is 9.97. The van der Waals surface area contributed by atoms with E-state index in [9.17, 15) is 9.90 Å². The Hall–Kier alpha value is -2.03. The van der Waals surface area contributed by atoms with Gasteiger partial charge in [-0.2, -0.15) is 0 Å². The maximum atomic E-state index is 11.6. The van der Waals surface area contributed by atoms with Gasteiger partial charge in [-0.05, 0) is 42.5 Å². The summed E-state index contributed by atoms with van der Waals surface area (Å²) >= 11 is 0. The van der Waals surface area contributed by atoms with Gasteiger partial charge >= 0.3 is 5.97 Å². The molecule has 0 aliphatic heterocycles. The summed E-state index contributed by atoms with van der Waals surface area (Å²) in [6, 6.07) is 11.3. The van der Waals surface area contributed by atoms with E-state index in [0.29, 0.717) is 5.75 Å². The number of hydrogen-bond donors (Lipinski definition) is 1. The molecular formula is C17H18O3. The Morgan fingerprint density at radius 1 is 1.05 bits per heavy atom. The number of ether oxygens (including phenoxy) is 1. The number of rotatable bonds is 3. The molecule has 0 saturated heterocycles. The van der Waals surface area contributed by atoms with Gasteiger partial charge in [0.1, 0.15) is 11.3 Å². The van der Waals surface area contributed by atoms with Crippen molar-refractivity contribution in [2.75, 3.05) is 0 Å². The van der Waals surface area contributed by atoms with Crippen molar-refractivity contribution in [3.8, 4) is 5.75 Å². The zero-order valence-electron chi connectivity index (χ0n) is 11.3. The minimum atomic E-state index is -0.924. The monoisotopic (exact) mass is 270 g/mol. The first-order valence-corrected chi connectivity index (χ1v) is 7.17. The van der Waals surface area contributed by atoms with Crippen LogP contribution in [0.25, 0.3) is 10.8 Å². The number of carbonyl (C=O) groups is 1. The van der Waals surface area contributed by atoms with Gasteiger partial charge in [0.25, 0.3) is 0 Å². The van der Waals surface area contributed by atoms with Gasteiger partial charge in [0.15, 0.2) is 0 Å². The Balaban J connectivity index is 2.01. The van der Waals surface area contributed by atoms with Crippen LogP contribution in [0.4, 0.5) is 0 Å². The molecule has 0 heterocycles. The molecule has 0 unspecified atom stereocenters. The maximum absolute atomic E-state index is 11.6. The highest BCUT2D eigenvalue weighted by molar-refractivity contribution is 6.06. The van der Waals surface area contributed by atoms with E-state index in [0.717, 1.165) is 23.6 Å². The molecule has 104 valence electrons. The minimum absolute atomic E-state index is 0.156. The molecule has 20 heavy (non-hydrogen) atoms. The second-order valence-corrected chi connectivity index (χ2v) is 5.34. The molecule has 0 bridgehead atoms. The van der Waals surface area contributed by atoms with Crippen LogP contribution in [0.15, 0.2) is 36.4 Å². The fourth-order valence-electron chi connectivity index (χ4n) is 2.93. The van der Waals surface area contributed by atoms with Gasteiger partial charge < -0.3 is 9.84 Å². The molecule has 2 aromatic carbocycles. The van der Waals surface area contributed by atoms with E-state index in [-0.39, 0.29) is 11.7 Å². The molecule has 0 atom stereocenters. The summed E-state index contributed by atoms with van der Waals surface area (Å²) in [6.07, 6.45) is 5.78. The number of carboxylic acids is 1. The van der Waals surface area contributed by atoms with E-state index in [1.807, 2.05) is 30.3 Å². The van der Waals surface area contributed by atoms with Crippen molar-refractivity contribution in [1.82, 2.24) is 0 Å². The summed E-state index contributed by atoms with van der Waals surface area (Å²) < 4.78 is 5.98. The van der Waals surface area contributed by atoms with E-state index in [4.69, 9.17) is 4.74 Å². The average Bonchev–Trinajstić information content (AvgIpc) is 2.47. The molecule has 1 fully saturated rings. The van der Waals surface area contributed by atoms with Gasteiger partial charge in [-0.3, -0.25) is 0 Å². The van der Waals surface area contributed by atoms with Crippen molar-refractivity contribution in [1.29, 1.82) is 0 Å². The van der Waals surface area contributed by atoms with Gasteiger partial charge in [-0.15, -0.1) is 0 Å². The fraction of sp³-hybridized carbons (Fsp3) is 0.353. The van der Waals surface area contributed by atoms with Gasteiger partial charge in [-0.1, -0.05) is 36.8 Å². The SMILES string of the molecule is O=C(O)c1c(OC2CCCCC2)ccc2ccccc12. The lowest BCUT2D eigenvalue weighted by molar-refractivity contribution is 0.0688. The van der Waals surface area contributed by atoms with Gasteiger partial charge in [-0.25, -0.2) is 4.79 Å². The van der Waals surface area contributed by atoms with Crippen molar-refractivity contribution in [2.24, 2.45) is 0 Å². The molecule has 0 amide bonds. The smallest absolute Gasteiger partial charge is 0.340 e. The van der Waals surface area contributed by atoms with E-state index in [2.05, 4.69) is 0 Å². The first-order chi connectivity index (χ1) is 9.75. The van der Waals surface area contributed by atoms with Crippen LogP contribution < -0.4 is 4.74 Å². The predicted octanol–water partition coefficient (Wildman–Crippen LogP) is 4.25. The second kappa shape index (κ2) is 5.53. The van der Waals surface area contributed by atoms with Crippen LogP contribution in [-0.4, -0.2) is 17.2 Å². The molecule has 0 spiro atoms. The molecule has 0 radical (unpaired) electrons. The Kier molecular flexibility index (Phi) is 3.59. The van der Waals surface area contributed by atoms with E-state index < -0.39 is 5.97 Å². The Labute approximate surface area is 118 Å². The number of hydrogen-bond acceptors (Lipinski definition) is 2. The van der Waals surface area contributed by atoms with Crippen molar-refractivity contribution < 1.29 is 14.6 Å². The second-order valence-electron chi connectivity index (χ2n) is 5.34. The van der Waals surface area contributed by atoms with Crippen molar-refractivity contribution >= 4 is 16.7 Å². The third kappa shape index (κ3) is 2.48. The summed E-state index contributed by atoms with van der Waals surface area (Å²) in [5.41, 5.74) is 0.286. The Bertz CT molecular complexity index is 627. The summed E-state index contributed by atoms with van der Waals surface area (Å²) in [5.74, 6) is -0.421. The first kappa shape index (κ1) is 13.0. The molecule has 1 aliphatic rings. The molecule has 0 aromatic heterocycles. The summed E-state index contributed by atoms with van der Waals surface area (Å²) in [4.78, 5) is 11.6. The molecule has 3 heteroatoms. The summed E-state index contributed by atoms with van der Waals surface area (Å²) in [5, 5.41) is 11.2. The van der Waals surface area contributed by atoms with Gasteiger partial charge in [0.2, 0.25) is 0 Å². The quantitative estimate of drug-likeness (QED) is 0.907. The van der Waals surface area contributed by atoms with Crippen LogP contribution in [0.5, 0.6) is 5.75 Å². The number of carboxylic acid groups (broad SMARTS) is 1. The molecule has 1 N–H and O–H groups in total. The van der Waals surface area contributed by atoms with Crippen molar-refractivity contribution in [3.63, 3.8) is 0 Å². The van der Waals surface area contributed by atoms with Crippen LogP contribution in [0.1, 0.15) is 42.5 Å². The van der Waals surface area contributed by atoms with E-state index in [1.54, 1.807) is 6.07 Å². The number of benzene rings is 2. The molecule has 3 rings (SSSR count). The predicted molar refractivity (Wildman–Crippen MR) is 78.4 cm³/mol. The fourth-order valence-corrected chi connectivity index (χ4v) is 2.93. The Morgan fingerprint density at radius 2 is 1.80 bits per heavy atom. The molecule has 3 nitrogen and oxygen atoms in total. The van der Waals surface area contributed by atoms with Crippen molar-refractivity contribution in [2.45, 2.75) is 38.2 Å². The molecule has 1 saturated carbocycles. The van der Waals surface area contributed by atoms with Crippen LogP contribution in [-0.2, 0) is 0 Å². The van der Waals surface area contributed by atoms with Crippen LogP contribution in [0.3, 0.4) is 0 Å².